The molecule has 1 aromatic rings. The van der Waals surface area contributed by atoms with E-state index in [4.69, 9.17) is 0 Å². The second kappa shape index (κ2) is 7.85. The largest absolute Gasteiger partial charge is 0.396 e. The summed E-state index contributed by atoms with van der Waals surface area (Å²) in [6, 6.07) is 0. The van der Waals surface area contributed by atoms with Crippen LogP contribution in [0.4, 0.5) is 0 Å². The number of aryl methyl sites for hydroxylation is 1. The zero-order valence-corrected chi connectivity index (χ0v) is 13.5. The highest BCUT2D eigenvalue weighted by molar-refractivity contribution is 5.06. The second-order valence-corrected chi connectivity index (χ2v) is 6.48. The molecule has 0 bridgehead atoms. The maximum absolute atomic E-state index is 9.80. The summed E-state index contributed by atoms with van der Waals surface area (Å²) in [7, 11) is 0. The fourth-order valence-electron chi connectivity index (χ4n) is 3.46. The van der Waals surface area contributed by atoms with Crippen molar-refractivity contribution in [3.8, 4) is 0 Å². The standard InChI is InChI=1S/C17H29N3O/c1-3-6-16-18-10-15(11-19-16)12-20-9-5-8-17(13-20,14-21)7-4-2/h10-11,21H,3-9,12-14H2,1-2H3/t17-/m1/s1. The maximum Gasteiger partial charge on any atom is 0.128 e. The Morgan fingerprint density at radius 2 is 2.00 bits per heavy atom. The Bertz CT molecular complexity index is 417. The Labute approximate surface area is 128 Å². The molecule has 1 saturated heterocycles. The molecule has 0 saturated carbocycles. The van der Waals surface area contributed by atoms with Crippen molar-refractivity contribution >= 4 is 0 Å². The number of rotatable bonds is 7. The lowest BCUT2D eigenvalue weighted by molar-refractivity contribution is 0.0215. The van der Waals surface area contributed by atoms with E-state index in [1.165, 1.54) is 12.0 Å². The molecule has 1 aromatic heterocycles. The molecule has 118 valence electrons. The van der Waals surface area contributed by atoms with Crippen LogP contribution in [0.3, 0.4) is 0 Å². The summed E-state index contributed by atoms with van der Waals surface area (Å²) in [6.45, 7) is 7.67. The van der Waals surface area contributed by atoms with Gasteiger partial charge in [0.1, 0.15) is 5.82 Å². The predicted molar refractivity (Wildman–Crippen MR) is 85.0 cm³/mol. The topological polar surface area (TPSA) is 49.2 Å². The van der Waals surface area contributed by atoms with Gasteiger partial charge < -0.3 is 5.11 Å². The number of aliphatic hydroxyl groups excluding tert-OH is 1. The van der Waals surface area contributed by atoms with E-state index >= 15 is 0 Å². The van der Waals surface area contributed by atoms with Crippen LogP contribution in [0.2, 0.25) is 0 Å². The first kappa shape index (κ1) is 16.4. The van der Waals surface area contributed by atoms with Gasteiger partial charge in [-0.3, -0.25) is 4.90 Å². The maximum atomic E-state index is 9.80. The van der Waals surface area contributed by atoms with E-state index in [0.717, 1.165) is 57.6 Å². The zero-order chi connectivity index (χ0) is 15.1. The molecular formula is C17H29N3O. The lowest BCUT2D eigenvalue weighted by Gasteiger charge is -2.42. The Morgan fingerprint density at radius 1 is 1.24 bits per heavy atom. The van der Waals surface area contributed by atoms with Crippen molar-refractivity contribution in [3.63, 3.8) is 0 Å². The first-order valence-corrected chi connectivity index (χ1v) is 8.34. The molecule has 0 spiro atoms. The molecular weight excluding hydrogens is 262 g/mol. The summed E-state index contributed by atoms with van der Waals surface area (Å²) in [5.41, 5.74) is 1.29. The minimum Gasteiger partial charge on any atom is -0.396 e. The summed E-state index contributed by atoms with van der Waals surface area (Å²) in [5, 5.41) is 9.80. The van der Waals surface area contributed by atoms with Crippen LogP contribution in [0.5, 0.6) is 0 Å². The van der Waals surface area contributed by atoms with E-state index < -0.39 is 0 Å². The molecule has 0 aromatic carbocycles. The second-order valence-electron chi connectivity index (χ2n) is 6.48. The molecule has 2 heterocycles. The van der Waals surface area contributed by atoms with E-state index in [1.807, 2.05) is 12.4 Å². The van der Waals surface area contributed by atoms with E-state index in [1.54, 1.807) is 0 Å². The van der Waals surface area contributed by atoms with Crippen molar-refractivity contribution in [1.29, 1.82) is 0 Å². The number of aromatic nitrogens is 2. The lowest BCUT2D eigenvalue weighted by Crippen LogP contribution is -2.44. The Kier molecular flexibility index (Phi) is 6.12. The molecule has 2 rings (SSSR count). The molecule has 1 aliphatic rings. The molecule has 1 atom stereocenters. The molecule has 0 amide bonds. The van der Waals surface area contributed by atoms with Gasteiger partial charge in [-0.25, -0.2) is 9.97 Å². The third-order valence-corrected chi connectivity index (χ3v) is 4.49. The van der Waals surface area contributed by atoms with E-state index in [9.17, 15) is 5.11 Å². The molecule has 1 fully saturated rings. The quantitative estimate of drug-likeness (QED) is 0.839. The van der Waals surface area contributed by atoms with Crippen molar-refractivity contribution in [1.82, 2.24) is 14.9 Å². The number of likely N-dealkylation sites (tertiary alicyclic amines) is 1. The number of nitrogens with zero attached hydrogens (tertiary/aromatic N) is 3. The van der Waals surface area contributed by atoms with Crippen LogP contribution in [0.1, 0.15) is 57.3 Å². The summed E-state index contributed by atoms with van der Waals surface area (Å²) in [5.74, 6) is 0.940. The fraction of sp³-hybridized carbons (Fsp3) is 0.765. The molecule has 0 aliphatic carbocycles. The van der Waals surface area contributed by atoms with Crippen LogP contribution in [0, 0.1) is 5.41 Å². The summed E-state index contributed by atoms with van der Waals surface area (Å²) >= 11 is 0. The predicted octanol–water partition coefficient (Wildman–Crippen LogP) is 2.80. The van der Waals surface area contributed by atoms with Crippen LogP contribution in [0.25, 0.3) is 0 Å². The minimum absolute atomic E-state index is 0.107. The van der Waals surface area contributed by atoms with E-state index in [-0.39, 0.29) is 5.41 Å². The molecule has 0 radical (unpaired) electrons. The van der Waals surface area contributed by atoms with Gasteiger partial charge in [-0.15, -0.1) is 0 Å². The molecule has 4 nitrogen and oxygen atoms in total. The van der Waals surface area contributed by atoms with Crippen molar-refractivity contribution in [2.45, 2.75) is 58.9 Å². The first-order chi connectivity index (χ1) is 10.2. The number of hydrogen-bond acceptors (Lipinski definition) is 4. The average molecular weight is 291 g/mol. The molecule has 0 unspecified atom stereocenters. The average Bonchev–Trinajstić information content (AvgIpc) is 2.50. The van der Waals surface area contributed by atoms with Gasteiger partial charge in [-0.05, 0) is 32.2 Å². The van der Waals surface area contributed by atoms with E-state index in [2.05, 4.69) is 28.7 Å². The van der Waals surface area contributed by atoms with Gasteiger partial charge in [0.15, 0.2) is 0 Å². The van der Waals surface area contributed by atoms with Gasteiger partial charge in [0.2, 0.25) is 0 Å². The van der Waals surface area contributed by atoms with Crippen molar-refractivity contribution in [3.05, 3.63) is 23.8 Å². The monoisotopic (exact) mass is 291 g/mol. The summed E-state index contributed by atoms with van der Waals surface area (Å²) in [4.78, 5) is 11.3. The molecule has 1 aliphatic heterocycles. The van der Waals surface area contributed by atoms with Crippen LogP contribution in [-0.2, 0) is 13.0 Å². The molecule has 1 N–H and O–H groups in total. The van der Waals surface area contributed by atoms with Crippen molar-refractivity contribution in [2.24, 2.45) is 5.41 Å². The SMILES string of the molecule is CCCc1ncc(CN2CCC[C@](CO)(CCC)C2)cn1. The zero-order valence-electron chi connectivity index (χ0n) is 13.5. The lowest BCUT2D eigenvalue weighted by atomic mass is 9.77. The number of aliphatic hydroxyl groups is 1. The molecule has 21 heavy (non-hydrogen) atoms. The van der Waals surface area contributed by atoms with Crippen molar-refractivity contribution < 1.29 is 5.11 Å². The highest BCUT2D eigenvalue weighted by Gasteiger charge is 2.33. The first-order valence-electron chi connectivity index (χ1n) is 8.34. The third-order valence-electron chi connectivity index (χ3n) is 4.49. The third kappa shape index (κ3) is 4.48. The Balaban J connectivity index is 1.95. The van der Waals surface area contributed by atoms with Gasteiger partial charge in [0.25, 0.3) is 0 Å². The van der Waals surface area contributed by atoms with Gasteiger partial charge in [-0.1, -0.05) is 20.3 Å². The van der Waals surface area contributed by atoms with Crippen LogP contribution in [-0.4, -0.2) is 39.7 Å². The Hall–Kier alpha value is -1.00. The fourth-order valence-corrected chi connectivity index (χ4v) is 3.46. The van der Waals surface area contributed by atoms with Crippen LogP contribution < -0.4 is 0 Å². The minimum atomic E-state index is 0.107. The van der Waals surface area contributed by atoms with E-state index in [0.29, 0.717) is 6.61 Å². The highest BCUT2D eigenvalue weighted by atomic mass is 16.3. The van der Waals surface area contributed by atoms with Gasteiger partial charge >= 0.3 is 0 Å². The van der Waals surface area contributed by atoms with Crippen molar-refractivity contribution in [2.75, 3.05) is 19.7 Å². The van der Waals surface area contributed by atoms with Gasteiger partial charge in [-0.2, -0.15) is 0 Å². The molecule has 4 heteroatoms. The summed E-state index contributed by atoms with van der Waals surface area (Å²) < 4.78 is 0. The Morgan fingerprint density at radius 3 is 2.62 bits per heavy atom. The van der Waals surface area contributed by atoms with Gasteiger partial charge in [0.05, 0.1) is 0 Å². The number of hydrogen-bond donors (Lipinski definition) is 1. The summed E-state index contributed by atoms with van der Waals surface area (Å²) in [6.07, 6.45) is 10.6. The van der Waals surface area contributed by atoms with Crippen LogP contribution >= 0.6 is 0 Å². The smallest absolute Gasteiger partial charge is 0.128 e. The van der Waals surface area contributed by atoms with Crippen LogP contribution in [0.15, 0.2) is 12.4 Å². The highest BCUT2D eigenvalue weighted by Crippen LogP contribution is 2.34. The number of piperidine rings is 1. The normalized spacial score (nSPS) is 23.4. The van der Waals surface area contributed by atoms with Gasteiger partial charge in [0, 0.05) is 49.5 Å².